The fourth-order valence-corrected chi connectivity index (χ4v) is 5.33. The fourth-order valence-electron chi connectivity index (χ4n) is 5.09. The Bertz CT molecular complexity index is 1170. The van der Waals surface area contributed by atoms with Gasteiger partial charge in [0.15, 0.2) is 5.92 Å². The number of hydrogen-bond acceptors (Lipinski definition) is 6. The van der Waals surface area contributed by atoms with Crippen LogP contribution in [0.15, 0.2) is 36.4 Å². The zero-order valence-corrected chi connectivity index (χ0v) is 23.2. The molecule has 2 heterocycles. The van der Waals surface area contributed by atoms with E-state index >= 15 is 0 Å². The van der Waals surface area contributed by atoms with Gasteiger partial charge in [-0.15, -0.1) is 0 Å². The number of nitrogens with two attached hydrogens (primary N) is 1. The van der Waals surface area contributed by atoms with Gasteiger partial charge in [0.1, 0.15) is 16.7 Å². The molecule has 1 aromatic carbocycles. The maximum atomic E-state index is 13.9. The van der Waals surface area contributed by atoms with Crippen molar-refractivity contribution in [2.75, 3.05) is 45.7 Å². The van der Waals surface area contributed by atoms with Gasteiger partial charge in [0.25, 0.3) is 5.91 Å². The summed E-state index contributed by atoms with van der Waals surface area (Å²) in [5.74, 6) is -2.45. The van der Waals surface area contributed by atoms with Crippen molar-refractivity contribution in [2.24, 2.45) is 17.6 Å². The van der Waals surface area contributed by atoms with Gasteiger partial charge >= 0.3 is 6.18 Å². The molecule has 3 rings (SSSR count). The fraction of sp³-hybridized carbons (Fsp3) is 0.519. The maximum Gasteiger partial charge on any atom is 0.404 e. The maximum absolute atomic E-state index is 13.9. The minimum absolute atomic E-state index is 0.0988. The lowest BCUT2D eigenvalue weighted by atomic mass is 9.80. The summed E-state index contributed by atoms with van der Waals surface area (Å²) in [5.41, 5.74) is 6.63. The Hall–Kier alpha value is -3.05. The molecule has 1 fully saturated rings. The molecule has 0 spiro atoms. The van der Waals surface area contributed by atoms with Gasteiger partial charge in [-0.1, -0.05) is 30.7 Å². The number of benzene rings is 1. The minimum atomic E-state index is -4.75. The number of piperidine rings is 1. The number of aromatic nitrogens is 1. The molecule has 2 amide bonds. The number of carbonyl (C=O) groups is 2. The summed E-state index contributed by atoms with van der Waals surface area (Å²) >= 11 is 6.21. The normalized spacial score (nSPS) is 19.3. The lowest BCUT2D eigenvalue weighted by molar-refractivity contribution is -0.171. The van der Waals surface area contributed by atoms with Gasteiger partial charge in [-0.25, -0.2) is 4.98 Å². The molecule has 1 aromatic heterocycles. The highest BCUT2D eigenvalue weighted by Gasteiger charge is 2.47. The summed E-state index contributed by atoms with van der Waals surface area (Å²) in [4.78, 5) is 32.4. The number of alkyl halides is 3. The highest BCUT2D eigenvalue weighted by Crippen LogP contribution is 2.37. The highest BCUT2D eigenvalue weighted by atomic mass is 35.5. The molecule has 39 heavy (non-hydrogen) atoms. The monoisotopic (exact) mass is 569 g/mol. The van der Waals surface area contributed by atoms with Crippen molar-refractivity contribution >= 4 is 29.2 Å². The van der Waals surface area contributed by atoms with Gasteiger partial charge in [0, 0.05) is 39.8 Å². The Morgan fingerprint density at radius 1 is 1.31 bits per heavy atom. The molecule has 0 bridgehead atoms. The molecule has 214 valence electrons. The van der Waals surface area contributed by atoms with E-state index in [1.165, 1.54) is 45.5 Å². The number of pyridine rings is 1. The topological polar surface area (TPSA) is 101 Å². The third kappa shape index (κ3) is 7.33. The number of anilines is 1. The number of likely N-dealkylation sites (N-methyl/N-ethyl adjacent to an activating group) is 1. The first-order chi connectivity index (χ1) is 18.4. The van der Waals surface area contributed by atoms with Crippen LogP contribution in [0.5, 0.6) is 5.75 Å². The van der Waals surface area contributed by atoms with Crippen molar-refractivity contribution in [3.05, 3.63) is 52.7 Å². The number of carbonyl (C=O) groups excluding carboxylic acids is 2. The van der Waals surface area contributed by atoms with Gasteiger partial charge in [0.05, 0.1) is 12.7 Å². The Morgan fingerprint density at radius 3 is 2.62 bits per heavy atom. The molecular weight excluding hydrogens is 535 g/mol. The van der Waals surface area contributed by atoms with Crippen LogP contribution in [0.1, 0.15) is 41.6 Å². The van der Waals surface area contributed by atoms with Crippen molar-refractivity contribution in [1.29, 1.82) is 0 Å². The second-order valence-corrected chi connectivity index (χ2v) is 10.3. The van der Waals surface area contributed by atoms with Crippen LogP contribution in [0, 0.1) is 11.8 Å². The Morgan fingerprint density at radius 2 is 2.03 bits per heavy atom. The molecular formula is C27H35ClF3N5O3. The SMILES string of the molecule is CNC(=O)c1ccc(N2CCC([C@H](N)CCN(C)C(=O)[C@H](c3cccc(OC)c3)C(F)(F)F)C(C)C2)nc1Cl. The lowest BCUT2D eigenvalue weighted by Gasteiger charge is -2.40. The number of methoxy groups -OCH3 is 1. The highest BCUT2D eigenvalue weighted by molar-refractivity contribution is 6.32. The third-order valence-corrected chi connectivity index (χ3v) is 7.61. The number of halogens is 4. The van der Waals surface area contributed by atoms with Crippen molar-refractivity contribution in [3.8, 4) is 5.75 Å². The first kappa shape index (κ1) is 30.5. The van der Waals surface area contributed by atoms with E-state index in [0.29, 0.717) is 30.9 Å². The van der Waals surface area contributed by atoms with Crippen LogP contribution in [0.2, 0.25) is 5.15 Å². The van der Waals surface area contributed by atoms with Crippen molar-refractivity contribution in [1.82, 2.24) is 15.2 Å². The molecule has 12 heteroatoms. The quantitative estimate of drug-likeness (QED) is 0.441. The average molecular weight is 570 g/mol. The van der Waals surface area contributed by atoms with E-state index in [1.807, 2.05) is 0 Å². The number of ether oxygens (including phenoxy) is 1. The molecule has 4 atom stereocenters. The summed E-state index contributed by atoms with van der Waals surface area (Å²) < 4.78 is 46.8. The van der Waals surface area contributed by atoms with Gasteiger partial charge < -0.3 is 25.6 Å². The van der Waals surface area contributed by atoms with E-state index in [-0.39, 0.29) is 46.8 Å². The molecule has 0 radical (unpaired) electrons. The molecule has 3 N–H and O–H groups in total. The Balaban J connectivity index is 1.60. The number of rotatable bonds is 9. The number of amides is 2. The standard InChI is InChI=1S/C27H35ClF3N5O3/c1-16-15-36(22-9-8-20(24(28)34-22)25(37)33-2)13-10-19(16)21(32)11-12-35(3)26(38)23(27(29,30)31)17-6-5-7-18(14-17)39-4/h5-9,14,16,19,21,23H,10-13,15,32H2,1-4H3,(H,33,37)/t16?,19?,21-,23+/m1/s1. The molecule has 1 aliphatic heterocycles. The molecule has 8 nitrogen and oxygen atoms in total. The van der Waals surface area contributed by atoms with E-state index in [0.717, 1.165) is 11.3 Å². The van der Waals surface area contributed by atoms with Crippen molar-refractivity contribution in [2.45, 2.75) is 37.9 Å². The largest absolute Gasteiger partial charge is 0.497 e. The third-order valence-electron chi connectivity index (χ3n) is 7.33. The van der Waals surface area contributed by atoms with Gasteiger partial charge in [0.2, 0.25) is 5.91 Å². The first-order valence-electron chi connectivity index (χ1n) is 12.7. The van der Waals surface area contributed by atoms with Gasteiger partial charge in [-0.05, 0) is 54.5 Å². The first-order valence-corrected chi connectivity index (χ1v) is 13.1. The van der Waals surface area contributed by atoms with Crippen molar-refractivity contribution in [3.63, 3.8) is 0 Å². The zero-order valence-electron chi connectivity index (χ0n) is 22.5. The second-order valence-electron chi connectivity index (χ2n) is 9.93. The number of nitrogens with zero attached hydrogens (tertiary/aromatic N) is 3. The van der Waals surface area contributed by atoms with Crippen LogP contribution >= 0.6 is 11.6 Å². The van der Waals surface area contributed by atoms with E-state index < -0.39 is 18.0 Å². The summed E-state index contributed by atoms with van der Waals surface area (Å²) in [6, 6.07) is 8.57. The smallest absolute Gasteiger partial charge is 0.404 e. The zero-order chi connectivity index (χ0) is 28.9. The van der Waals surface area contributed by atoms with Crippen LogP contribution in [0.3, 0.4) is 0 Å². The van der Waals surface area contributed by atoms with Crippen LogP contribution in [0.25, 0.3) is 0 Å². The summed E-state index contributed by atoms with van der Waals surface area (Å²) in [6.45, 7) is 3.48. The molecule has 0 aliphatic carbocycles. The van der Waals surface area contributed by atoms with Crippen LogP contribution < -0.4 is 20.7 Å². The van der Waals surface area contributed by atoms with E-state index in [9.17, 15) is 22.8 Å². The van der Waals surface area contributed by atoms with Gasteiger partial charge in [-0.3, -0.25) is 9.59 Å². The van der Waals surface area contributed by atoms with Crippen LogP contribution in [0.4, 0.5) is 19.0 Å². The Labute approximate surface area is 231 Å². The van der Waals surface area contributed by atoms with Gasteiger partial charge in [-0.2, -0.15) is 13.2 Å². The van der Waals surface area contributed by atoms with Crippen molar-refractivity contribution < 1.29 is 27.5 Å². The van der Waals surface area contributed by atoms with E-state index in [2.05, 4.69) is 22.1 Å². The number of hydrogen-bond donors (Lipinski definition) is 2. The summed E-state index contributed by atoms with van der Waals surface area (Å²) in [5, 5.41) is 2.65. The van der Waals surface area contributed by atoms with E-state index in [4.69, 9.17) is 22.1 Å². The average Bonchev–Trinajstić information content (AvgIpc) is 2.90. The predicted octanol–water partition coefficient (Wildman–Crippen LogP) is 4.09. The predicted molar refractivity (Wildman–Crippen MR) is 144 cm³/mol. The second kappa shape index (κ2) is 12.9. The molecule has 0 saturated carbocycles. The number of nitrogens with one attached hydrogen (secondary N) is 1. The summed E-state index contributed by atoms with van der Waals surface area (Å²) in [7, 11) is 4.25. The van der Waals surface area contributed by atoms with Crippen LogP contribution in [-0.2, 0) is 4.79 Å². The van der Waals surface area contributed by atoms with E-state index in [1.54, 1.807) is 12.1 Å². The molecule has 1 saturated heterocycles. The van der Waals surface area contributed by atoms with Crippen LogP contribution in [-0.4, -0.2) is 74.8 Å². The molecule has 2 aromatic rings. The molecule has 1 aliphatic rings. The minimum Gasteiger partial charge on any atom is -0.497 e. The molecule has 2 unspecified atom stereocenters. The summed E-state index contributed by atoms with van der Waals surface area (Å²) in [6.07, 6.45) is -3.65. The lowest BCUT2D eigenvalue weighted by Crippen LogP contribution is -2.48. The Kier molecular flexibility index (Phi) is 10.1.